The molecule has 0 unspecified atom stereocenters. The quantitative estimate of drug-likeness (QED) is 0.551. The number of rotatable bonds is 7. The molecule has 0 aromatic carbocycles. The lowest BCUT2D eigenvalue weighted by molar-refractivity contribution is -0.139. The van der Waals surface area contributed by atoms with Crippen molar-refractivity contribution in [3.8, 4) is 0 Å². The van der Waals surface area contributed by atoms with Crippen molar-refractivity contribution in [2.45, 2.75) is 39.2 Å². The van der Waals surface area contributed by atoms with Crippen molar-refractivity contribution in [1.29, 1.82) is 0 Å². The molecule has 1 saturated heterocycles. The van der Waals surface area contributed by atoms with Crippen molar-refractivity contribution >= 4 is 23.2 Å². The van der Waals surface area contributed by atoms with Crippen molar-refractivity contribution in [3.05, 3.63) is 21.9 Å². The number of amides is 1. The molecule has 0 radical (unpaired) electrons. The molecule has 0 spiro atoms. The zero-order chi connectivity index (χ0) is 19.1. The van der Waals surface area contributed by atoms with Crippen LogP contribution in [0.4, 0.5) is 0 Å². The van der Waals surface area contributed by atoms with Crippen LogP contribution < -0.4 is 10.6 Å². The number of nitrogens with one attached hydrogen (secondary N) is 2. The van der Waals surface area contributed by atoms with Crippen molar-refractivity contribution in [2.75, 3.05) is 46.3 Å². The Labute approximate surface area is 167 Å². The van der Waals surface area contributed by atoms with Crippen LogP contribution in [0, 0.1) is 5.92 Å². The van der Waals surface area contributed by atoms with Gasteiger partial charge in [-0.15, -0.1) is 11.3 Å². The SMILES string of the molecule is CCc1ccc(CNC(=NC)NCCN2CCN(C(=O)C3CCC3)CC2)s1. The van der Waals surface area contributed by atoms with Crippen LogP contribution in [0.1, 0.15) is 35.9 Å². The number of thiophene rings is 1. The number of hydrogen-bond acceptors (Lipinski definition) is 4. The van der Waals surface area contributed by atoms with Gasteiger partial charge in [-0.25, -0.2) is 0 Å². The van der Waals surface area contributed by atoms with E-state index in [0.29, 0.717) is 11.8 Å². The lowest BCUT2D eigenvalue weighted by Crippen LogP contribution is -2.52. The number of nitrogens with zero attached hydrogens (tertiary/aromatic N) is 3. The molecule has 2 heterocycles. The molecule has 1 aromatic heterocycles. The van der Waals surface area contributed by atoms with E-state index < -0.39 is 0 Å². The minimum Gasteiger partial charge on any atom is -0.355 e. The van der Waals surface area contributed by atoms with Gasteiger partial charge >= 0.3 is 0 Å². The third-order valence-electron chi connectivity index (χ3n) is 5.58. The summed E-state index contributed by atoms with van der Waals surface area (Å²) in [6, 6.07) is 4.39. The molecule has 3 rings (SSSR count). The Bertz CT molecular complexity index is 632. The molecular weight excluding hydrogens is 358 g/mol. The summed E-state index contributed by atoms with van der Waals surface area (Å²) < 4.78 is 0. The summed E-state index contributed by atoms with van der Waals surface area (Å²) in [7, 11) is 1.81. The highest BCUT2D eigenvalue weighted by molar-refractivity contribution is 7.11. The number of aryl methyl sites for hydroxylation is 1. The monoisotopic (exact) mass is 391 g/mol. The first-order valence-corrected chi connectivity index (χ1v) is 11.0. The second kappa shape index (κ2) is 10.1. The average Bonchev–Trinajstić information content (AvgIpc) is 3.11. The van der Waals surface area contributed by atoms with Gasteiger partial charge in [0.15, 0.2) is 5.96 Å². The Kier molecular flexibility index (Phi) is 7.52. The first-order valence-electron chi connectivity index (χ1n) is 10.2. The third kappa shape index (κ3) is 5.69. The topological polar surface area (TPSA) is 60.0 Å². The highest BCUT2D eigenvalue weighted by Gasteiger charge is 2.30. The van der Waals surface area contributed by atoms with E-state index in [2.05, 4.69) is 44.5 Å². The van der Waals surface area contributed by atoms with Crippen LogP contribution in [-0.2, 0) is 17.8 Å². The molecular formula is C20H33N5OS. The lowest BCUT2D eigenvalue weighted by Gasteiger charge is -2.38. The van der Waals surface area contributed by atoms with Crippen LogP contribution >= 0.6 is 11.3 Å². The van der Waals surface area contributed by atoms with E-state index >= 15 is 0 Å². The number of hydrogen-bond donors (Lipinski definition) is 2. The van der Waals surface area contributed by atoms with Crippen molar-refractivity contribution in [3.63, 3.8) is 0 Å². The van der Waals surface area contributed by atoms with Gasteiger partial charge in [-0.05, 0) is 31.4 Å². The molecule has 0 bridgehead atoms. The van der Waals surface area contributed by atoms with Crippen LogP contribution in [0.15, 0.2) is 17.1 Å². The normalized spacial score (nSPS) is 19.0. The molecule has 27 heavy (non-hydrogen) atoms. The fourth-order valence-corrected chi connectivity index (χ4v) is 4.43. The molecule has 2 aliphatic rings. The van der Waals surface area contributed by atoms with Crippen LogP contribution in [0.2, 0.25) is 0 Å². The summed E-state index contributed by atoms with van der Waals surface area (Å²) in [6.45, 7) is 8.54. The Morgan fingerprint density at radius 1 is 1.19 bits per heavy atom. The van der Waals surface area contributed by atoms with Crippen LogP contribution in [0.3, 0.4) is 0 Å². The van der Waals surface area contributed by atoms with Gasteiger partial charge in [-0.2, -0.15) is 0 Å². The summed E-state index contributed by atoms with van der Waals surface area (Å²) >= 11 is 1.86. The standard InChI is InChI=1S/C20H33N5OS/c1-3-17-7-8-18(27-17)15-23-20(21-2)22-9-10-24-11-13-25(14-12-24)19(26)16-5-4-6-16/h7-8,16H,3-6,9-15H2,1-2H3,(H2,21,22,23). The fourth-order valence-electron chi connectivity index (χ4n) is 3.54. The van der Waals surface area contributed by atoms with Gasteiger partial charge < -0.3 is 15.5 Å². The maximum Gasteiger partial charge on any atom is 0.225 e. The smallest absolute Gasteiger partial charge is 0.225 e. The maximum absolute atomic E-state index is 12.3. The zero-order valence-corrected chi connectivity index (χ0v) is 17.5. The molecule has 2 fully saturated rings. The van der Waals surface area contributed by atoms with Crippen LogP contribution in [0.25, 0.3) is 0 Å². The first kappa shape index (κ1) is 20.1. The van der Waals surface area contributed by atoms with E-state index in [1.165, 1.54) is 16.2 Å². The number of piperazine rings is 1. The van der Waals surface area contributed by atoms with Crippen molar-refractivity contribution in [1.82, 2.24) is 20.4 Å². The molecule has 1 amide bonds. The van der Waals surface area contributed by atoms with E-state index in [1.54, 1.807) is 0 Å². The Balaban J connectivity index is 1.31. The fraction of sp³-hybridized carbons (Fsp3) is 0.700. The summed E-state index contributed by atoms with van der Waals surface area (Å²) in [5.74, 6) is 1.56. The minimum atomic E-state index is 0.323. The Morgan fingerprint density at radius 2 is 1.93 bits per heavy atom. The Hall–Kier alpha value is -1.60. The molecule has 6 nitrogen and oxygen atoms in total. The number of carbonyl (C=O) groups excluding carboxylic acids is 1. The molecule has 1 aromatic rings. The van der Waals surface area contributed by atoms with Gasteiger partial charge in [-0.1, -0.05) is 13.3 Å². The summed E-state index contributed by atoms with van der Waals surface area (Å²) in [5.41, 5.74) is 0. The first-order chi connectivity index (χ1) is 13.2. The molecule has 7 heteroatoms. The Morgan fingerprint density at radius 3 is 2.52 bits per heavy atom. The number of carbonyl (C=O) groups is 1. The molecule has 1 aliphatic carbocycles. The highest BCUT2D eigenvalue weighted by atomic mass is 32.1. The summed E-state index contributed by atoms with van der Waals surface area (Å²) in [4.78, 5) is 23.9. The molecule has 2 N–H and O–H groups in total. The summed E-state index contributed by atoms with van der Waals surface area (Å²) in [6.07, 6.45) is 4.52. The van der Waals surface area contributed by atoms with Gasteiger partial charge in [0.25, 0.3) is 0 Å². The van der Waals surface area contributed by atoms with E-state index in [0.717, 1.165) is 71.0 Å². The van der Waals surface area contributed by atoms with Crippen LogP contribution in [-0.4, -0.2) is 68.0 Å². The average molecular weight is 392 g/mol. The second-order valence-corrected chi connectivity index (χ2v) is 8.62. The van der Waals surface area contributed by atoms with Gasteiger partial charge in [0.1, 0.15) is 0 Å². The minimum absolute atomic E-state index is 0.323. The molecule has 1 saturated carbocycles. The van der Waals surface area contributed by atoms with Crippen molar-refractivity contribution < 1.29 is 4.79 Å². The van der Waals surface area contributed by atoms with E-state index in [-0.39, 0.29) is 0 Å². The maximum atomic E-state index is 12.3. The number of guanidine groups is 1. The zero-order valence-electron chi connectivity index (χ0n) is 16.7. The van der Waals surface area contributed by atoms with Crippen molar-refractivity contribution in [2.24, 2.45) is 10.9 Å². The van der Waals surface area contributed by atoms with Gasteiger partial charge in [0, 0.05) is 62.0 Å². The summed E-state index contributed by atoms with van der Waals surface area (Å²) in [5, 5.41) is 6.79. The largest absolute Gasteiger partial charge is 0.355 e. The third-order valence-corrected chi connectivity index (χ3v) is 6.81. The lowest BCUT2D eigenvalue weighted by atomic mass is 9.84. The predicted molar refractivity (Wildman–Crippen MR) is 112 cm³/mol. The predicted octanol–water partition coefficient (Wildman–Crippen LogP) is 1.92. The van der Waals surface area contributed by atoms with Gasteiger partial charge in [-0.3, -0.25) is 14.7 Å². The van der Waals surface area contributed by atoms with E-state index in [4.69, 9.17) is 0 Å². The molecule has 1 aliphatic heterocycles. The highest BCUT2D eigenvalue weighted by Crippen LogP contribution is 2.28. The second-order valence-electron chi connectivity index (χ2n) is 7.37. The van der Waals surface area contributed by atoms with E-state index in [9.17, 15) is 4.79 Å². The van der Waals surface area contributed by atoms with Gasteiger partial charge in [0.05, 0.1) is 6.54 Å². The van der Waals surface area contributed by atoms with Crippen LogP contribution in [0.5, 0.6) is 0 Å². The molecule has 150 valence electrons. The van der Waals surface area contributed by atoms with E-state index in [1.807, 2.05) is 18.4 Å². The molecule has 0 atom stereocenters. The van der Waals surface area contributed by atoms with Gasteiger partial charge in [0.2, 0.25) is 5.91 Å². The number of aliphatic imine (C=N–C) groups is 1.